The van der Waals surface area contributed by atoms with E-state index in [1.54, 1.807) is 18.2 Å². The molecular formula is C27H27N7. The first-order valence-corrected chi connectivity index (χ1v) is 11.3. The third kappa shape index (κ3) is 6.19. The highest BCUT2D eigenvalue weighted by molar-refractivity contribution is 5.69. The number of aromatic nitrogens is 2. The molecule has 1 saturated carbocycles. The van der Waals surface area contributed by atoms with Crippen molar-refractivity contribution in [2.45, 2.75) is 33.2 Å². The third-order valence-corrected chi connectivity index (χ3v) is 5.64. The summed E-state index contributed by atoms with van der Waals surface area (Å²) >= 11 is 0. The fourth-order valence-electron chi connectivity index (χ4n) is 3.74. The molecule has 1 heterocycles. The van der Waals surface area contributed by atoms with Gasteiger partial charge >= 0.3 is 0 Å². The van der Waals surface area contributed by atoms with Gasteiger partial charge in [0.1, 0.15) is 5.82 Å². The van der Waals surface area contributed by atoms with E-state index in [1.165, 1.54) is 18.9 Å². The van der Waals surface area contributed by atoms with E-state index < -0.39 is 0 Å². The number of aryl methyl sites for hydroxylation is 2. The fraction of sp³-hybridized carbons (Fsp3) is 0.259. The van der Waals surface area contributed by atoms with E-state index in [2.05, 4.69) is 22.0 Å². The highest BCUT2D eigenvalue weighted by atomic mass is 15.2. The van der Waals surface area contributed by atoms with Crippen LogP contribution in [0.2, 0.25) is 0 Å². The van der Waals surface area contributed by atoms with Crippen LogP contribution in [0.25, 0.3) is 6.08 Å². The van der Waals surface area contributed by atoms with E-state index in [-0.39, 0.29) is 0 Å². The van der Waals surface area contributed by atoms with Crippen molar-refractivity contribution in [2.75, 3.05) is 17.2 Å². The minimum Gasteiger partial charge on any atom is -0.340 e. The van der Waals surface area contributed by atoms with Gasteiger partial charge in [0.2, 0.25) is 5.95 Å². The largest absolute Gasteiger partial charge is 0.340 e. The average molecular weight is 450 g/mol. The van der Waals surface area contributed by atoms with E-state index in [9.17, 15) is 0 Å². The van der Waals surface area contributed by atoms with Gasteiger partial charge in [-0.25, -0.2) is 4.98 Å². The van der Waals surface area contributed by atoms with E-state index in [0.29, 0.717) is 23.9 Å². The first-order valence-electron chi connectivity index (χ1n) is 11.3. The maximum absolute atomic E-state index is 9.03. The molecule has 1 aliphatic carbocycles. The molecule has 4 rings (SSSR count). The Bertz CT molecular complexity index is 1250. The van der Waals surface area contributed by atoms with E-state index in [0.717, 1.165) is 46.2 Å². The van der Waals surface area contributed by atoms with Crippen molar-refractivity contribution in [1.82, 2.24) is 15.3 Å². The van der Waals surface area contributed by atoms with Crippen LogP contribution in [0.15, 0.2) is 48.5 Å². The van der Waals surface area contributed by atoms with Crippen LogP contribution in [0, 0.1) is 42.4 Å². The predicted molar refractivity (Wildman–Crippen MR) is 135 cm³/mol. The lowest BCUT2D eigenvalue weighted by molar-refractivity contribution is 0.630. The zero-order valence-electron chi connectivity index (χ0n) is 19.4. The van der Waals surface area contributed by atoms with Crippen molar-refractivity contribution in [3.05, 3.63) is 76.5 Å². The van der Waals surface area contributed by atoms with Crippen molar-refractivity contribution < 1.29 is 0 Å². The minimum absolute atomic E-state index is 0.488. The highest BCUT2D eigenvalue weighted by Gasteiger charge is 2.20. The molecule has 3 N–H and O–H groups in total. The molecule has 170 valence electrons. The van der Waals surface area contributed by atoms with Crippen LogP contribution in [-0.2, 0) is 6.54 Å². The zero-order valence-corrected chi connectivity index (χ0v) is 19.4. The van der Waals surface area contributed by atoms with Gasteiger partial charge in [0, 0.05) is 30.1 Å². The van der Waals surface area contributed by atoms with Crippen molar-refractivity contribution >= 4 is 29.2 Å². The Hall–Kier alpha value is -4.20. The highest BCUT2D eigenvalue weighted by Crippen LogP contribution is 2.28. The normalized spacial score (nSPS) is 12.8. The Morgan fingerprint density at radius 1 is 1.00 bits per heavy atom. The maximum atomic E-state index is 9.03. The number of benzene rings is 2. The van der Waals surface area contributed by atoms with Crippen molar-refractivity contribution in [3.63, 3.8) is 0 Å². The van der Waals surface area contributed by atoms with Gasteiger partial charge in [0.05, 0.1) is 23.4 Å². The van der Waals surface area contributed by atoms with E-state index in [4.69, 9.17) is 20.5 Å². The Kier molecular flexibility index (Phi) is 7.17. The number of nitriles is 2. The van der Waals surface area contributed by atoms with Crippen molar-refractivity contribution in [3.8, 4) is 12.1 Å². The predicted octanol–water partition coefficient (Wildman–Crippen LogP) is 5.49. The SMILES string of the molecule is Cc1cc(/C=C/C#N)cc(C)c1Nc1cc(CNCC2CC2)nc(Nc2ccc(C#N)cc2)n1. The summed E-state index contributed by atoms with van der Waals surface area (Å²) in [6, 6.07) is 17.4. The van der Waals surface area contributed by atoms with Gasteiger partial charge < -0.3 is 16.0 Å². The molecule has 0 spiro atoms. The molecule has 7 heteroatoms. The molecule has 0 radical (unpaired) electrons. The summed E-state index contributed by atoms with van der Waals surface area (Å²) < 4.78 is 0. The number of nitrogens with one attached hydrogen (secondary N) is 3. The Labute approximate surface area is 200 Å². The number of anilines is 4. The van der Waals surface area contributed by atoms with Gasteiger partial charge in [-0.15, -0.1) is 0 Å². The standard InChI is InChI=1S/C27H27N7/c1-18-12-22(4-3-11-28)13-19(2)26(18)33-25-14-24(17-30-16-21-5-6-21)32-27(34-25)31-23-9-7-20(15-29)8-10-23/h3-4,7-10,12-14,21,30H,5-6,16-17H2,1-2H3,(H2,31,32,33,34)/b4-3+. The maximum Gasteiger partial charge on any atom is 0.229 e. The Morgan fingerprint density at radius 3 is 2.38 bits per heavy atom. The van der Waals surface area contributed by atoms with Crippen LogP contribution in [0.1, 0.15) is 40.8 Å². The van der Waals surface area contributed by atoms with Crippen LogP contribution in [0.5, 0.6) is 0 Å². The monoisotopic (exact) mass is 449 g/mol. The second-order valence-corrected chi connectivity index (χ2v) is 8.57. The first kappa shape index (κ1) is 23.0. The van der Waals surface area contributed by atoms with Gasteiger partial charge in [0.15, 0.2) is 0 Å². The van der Waals surface area contributed by atoms with E-state index in [1.807, 2.05) is 50.2 Å². The number of allylic oxidation sites excluding steroid dienone is 1. The summed E-state index contributed by atoms with van der Waals surface area (Å²) in [6.45, 7) is 5.73. The van der Waals surface area contributed by atoms with Crippen LogP contribution >= 0.6 is 0 Å². The summed E-state index contributed by atoms with van der Waals surface area (Å²) in [7, 11) is 0. The summed E-state index contributed by atoms with van der Waals surface area (Å²) in [5, 5.41) is 28.1. The lowest BCUT2D eigenvalue weighted by Gasteiger charge is -2.16. The quantitative estimate of drug-likeness (QED) is 0.371. The molecule has 0 unspecified atom stereocenters. The van der Waals surface area contributed by atoms with Crippen molar-refractivity contribution in [2.24, 2.45) is 5.92 Å². The summed E-state index contributed by atoms with van der Waals surface area (Å²) in [5.74, 6) is 1.97. The molecule has 0 aliphatic heterocycles. The van der Waals surface area contributed by atoms with Crippen LogP contribution in [0.4, 0.5) is 23.1 Å². The first-order chi connectivity index (χ1) is 16.5. The zero-order chi connectivity index (χ0) is 23.9. The van der Waals surface area contributed by atoms with Crippen LogP contribution in [-0.4, -0.2) is 16.5 Å². The summed E-state index contributed by atoms with van der Waals surface area (Å²) in [6.07, 6.45) is 5.88. The average Bonchev–Trinajstić information content (AvgIpc) is 3.65. The van der Waals surface area contributed by atoms with Gasteiger partial charge in [-0.2, -0.15) is 15.5 Å². The molecule has 1 aliphatic rings. The Morgan fingerprint density at radius 2 is 1.74 bits per heavy atom. The molecule has 34 heavy (non-hydrogen) atoms. The molecule has 0 bridgehead atoms. The third-order valence-electron chi connectivity index (χ3n) is 5.64. The molecular weight excluding hydrogens is 422 g/mol. The lowest BCUT2D eigenvalue weighted by Crippen LogP contribution is -2.18. The molecule has 1 aromatic heterocycles. The number of rotatable bonds is 9. The topological polar surface area (TPSA) is 109 Å². The molecule has 2 aromatic carbocycles. The second kappa shape index (κ2) is 10.6. The summed E-state index contributed by atoms with van der Waals surface area (Å²) in [5.41, 5.74) is 6.39. The molecule has 7 nitrogen and oxygen atoms in total. The minimum atomic E-state index is 0.488. The number of hydrogen-bond donors (Lipinski definition) is 3. The molecule has 3 aromatic rings. The van der Waals surface area contributed by atoms with Crippen LogP contribution in [0.3, 0.4) is 0 Å². The van der Waals surface area contributed by atoms with Gasteiger partial charge in [0.25, 0.3) is 0 Å². The number of nitrogens with zero attached hydrogens (tertiary/aromatic N) is 4. The van der Waals surface area contributed by atoms with Gasteiger partial charge in [-0.05, 0) is 98.3 Å². The van der Waals surface area contributed by atoms with Gasteiger partial charge in [-0.1, -0.05) is 0 Å². The van der Waals surface area contributed by atoms with Crippen LogP contribution < -0.4 is 16.0 Å². The second-order valence-electron chi connectivity index (χ2n) is 8.57. The summed E-state index contributed by atoms with van der Waals surface area (Å²) in [4.78, 5) is 9.39. The molecule has 1 fully saturated rings. The van der Waals surface area contributed by atoms with Crippen molar-refractivity contribution in [1.29, 1.82) is 10.5 Å². The smallest absolute Gasteiger partial charge is 0.229 e. The molecule has 0 saturated heterocycles. The number of hydrogen-bond acceptors (Lipinski definition) is 7. The molecule has 0 amide bonds. The lowest BCUT2D eigenvalue weighted by atomic mass is 10.0. The van der Waals surface area contributed by atoms with Gasteiger partial charge in [-0.3, -0.25) is 0 Å². The fourth-order valence-corrected chi connectivity index (χ4v) is 3.74. The molecule has 0 atom stereocenters. The Balaban J connectivity index is 1.59. The van der Waals surface area contributed by atoms with E-state index >= 15 is 0 Å².